The fraction of sp³-hybridized carbons (Fsp3) is 0.867. The van der Waals surface area contributed by atoms with Crippen molar-refractivity contribution < 1.29 is 0 Å². The van der Waals surface area contributed by atoms with Gasteiger partial charge < -0.3 is 0 Å². The number of likely N-dealkylation sites (tertiary alicyclic amines) is 1. The molecule has 1 heterocycles. The first-order valence-corrected chi connectivity index (χ1v) is 6.68. The maximum absolute atomic E-state index is 3.92. The van der Waals surface area contributed by atoms with Crippen LogP contribution in [0.25, 0.3) is 0 Å². The molecule has 0 aliphatic carbocycles. The predicted molar refractivity (Wildman–Crippen MR) is 72.6 cm³/mol. The second kappa shape index (κ2) is 4.91. The van der Waals surface area contributed by atoms with Gasteiger partial charge >= 0.3 is 0 Å². The predicted octanol–water partition coefficient (Wildman–Crippen LogP) is 4.10. The molecule has 1 atom stereocenters. The van der Waals surface area contributed by atoms with Crippen LogP contribution >= 0.6 is 0 Å². The molecule has 1 fully saturated rings. The van der Waals surface area contributed by atoms with Crippen LogP contribution in [-0.4, -0.2) is 23.5 Å². The Morgan fingerprint density at radius 3 is 2.38 bits per heavy atom. The number of rotatable bonds is 5. The third-order valence-corrected chi connectivity index (χ3v) is 4.28. The maximum atomic E-state index is 3.92. The monoisotopic (exact) mass is 223 g/mol. The molecule has 0 saturated carbocycles. The molecule has 0 N–H and O–H groups in total. The molecule has 0 bridgehead atoms. The van der Waals surface area contributed by atoms with Crippen molar-refractivity contribution in [3.63, 3.8) is 0 Å². The van der Waals surface area contributed by atoms with Gasteiger partial charge in [0.2, 0.25) is 0 Å². The van der Waals surface area contributed by atoms with Crippen molar-refractivity contribution in [2.24, 2.45) is 11.3 Å². The van der Waals surface area contributed by atoms with Crippen LogP contribution in [0.3, 0.4) is 0 Å². The van der Waals surface area contributed by atoms with Crippen LogP contribution in [0.5, 0.6) is 0 Å². The number of nitrogens with zero attached hydrogens (tertiary/aromatic N) is 1. The van der Waals surface area contributed by atoms with Crippen molar-refractivity contribution in [3.05, 3.63) is 12.7 Å². The molecular formula is C15H29N. The summed E-state index contributed by atoms with van der Waals surface area (Å²) < 4.78 is 0. The summed E-state index contributed by atoms with van der Waals surface area (Å²) in [5.41, 5.74) is 0.785. The van der Waals surface area contributed by atoms with Crippen molar-refractivity contribution in [2.45, 2.75) is 59.4 Å². The number of hydrogen-bond donors (Lipinski definition) is 0. The standard InChI is InChI=1S/C15H29N/c1-7-13-9-10-16(11-13)15(5,6)12-14(3,4)8-2/h7,13H,1,8-12H2,2-6H3. The Labute approximate surface area is 102 Å². The van der Waals surface area contributed by atoms with Gasteiger partial charge in [0.1, 0.15) is 0 Å². The SMILES string of the molecule is C=CC1CCN(C(C)(C)CC(C)(C)CC)C1. The van der Waals surface area contributed by atoms with Crippen LogP contribution in [-0.2, 0) is 0 Å². The minimum Gasteiger partial charge on any atom is -0.298 e. The van der Waals surface area contributed by atoms with E-state index in [4.69, 9.17) is 0 Å². The van der Waals surface area contributed by atoms with Gasteiger partial charge in [-0.3, -0.25) is 4.90 Å². The summed E-state index contributed by atoms with van der Waals surface area (Å²) in [5.74, 6) is 0.712. The molecule has 1 heteroatoms. The van der Waals surface area contributed by atoms with E-state index in [1.165, 1.54) is 32.4 Å². The normalized spacial score (nSPS) is 23.7. The summed E-state index contributed by atoms with van der Waals surface area (Å²) in [6.45, 7) is 18.2. The van der Waals surface area contributed by atoms with Crippen LogP contribution in [0.4, 0.5) is 0 Å². The second-order valence-electron chi connectivity index (χ2n) is 6.74. The van der Waals surface area contributed by atoms with Crippen LogP contribution in [0.2, 0.25) is 0 Å². The molecule has 0 aromatic heterocycles. The highest BCUT2D eigenvalue weighted by molar-refractivity contribution is 4.95. The van der Waals surface area contributed by atoms with Crippen LogP contribution in [0.1, 0.15) is 53.9 Å². The minimum absolute atomic E-state index is 0.331. The summed E-state index contributed by atoms with van der Waals surface area (Å²) in [7, 11) is 0. The molecule has 0 amide bonds. The molecule has 94 valence electrons. The quantitative estimate of drug-likeness (QED) is 0.634. The van der Waals surface area contributed by atoms with E-state index in [0.717, 1.165) is 0 Å². The van der Waals surface area contributed by atoms with E-state index < -0.39 is 0 Å². The zero-order valence-electron chi connectivity index (χ0n) is 11.8. The third kappa shape index (κ3) is 3.35. The summed E-state index contributed by atoms with van der Waals surface area (Å²) in [4.78, 5) is 2.65. The minimum atomic E-state index is 0.331. The fourth-order valence-corrected chi connectivity index (χ4v) is 2.94. The Morgan fingerprint density at radius 2 is 1.94 bits per heavy atom. The first-order chi connectivity index (χ1) is 7.30. The molecule has 1 saturated heterocycles. The first-order valence-electron chi connectivity index (χ1n) is 6.68. The Bertz CT molecular complexity index is 240. The Morgan fingerprint density at radius 1 is 1.31 bits per heavy atom. The zero-order valence-corrected chi connectivity index (χ0v) is 11.8. The molecule has 1 rings (SSSR count). The van der Waals surface area contributed by atoms with Gasteiger partial charge in [0, 0.05) is 12.1 Å². The van der Waals surface area contributed by atoms with Crippen molar-refractivity contribution in [3.8, 4) is 0 Å². The van der Waals surface area contributed by atoms with Crippen molar-refractivity contribution in [2.75, 3.05) is 13.1 Å². The van der Waals surface area contributed by atoms with Crippen molar-refractivity contribution >= 4 is 0 Å². The lowest BCUT2D eigenvalue weighted by Crippen LogP contribution is -2.45. The topological polar surface area (TPSA) is 3.24 Å². The summed E-state index contributed by atoms with van der Waals surface area (Å²) in [6.07, 6.45) is 5.95. The second-order valence-corrected chi connectivity index (χ2v) is 6.74. The summed E-state index contributed by atoms with van der Waals surface area (Å²) >= 11 is 0. The first kappa shape index (κ1) is 13.8. The highest BCUT2D eigenvalue weighted by atomic mass is 15.2. The van der Waals surface area contributed by atoms with Gasteiger partial charge in [0.05, 0.1) is 0 Å². The summed E-state index contributed by atoms with van der Waals surface area (Å²) in [6, 6.07) is 0. The van der Waals surface area contributed by atoms with E-state index in [0.29, 0.717) is 16.9 Å². The Hall–Kier alpha value is -0.300. The van der Waals surface area contributed by atoms with Gasteiger partial charge in [0.25, 0.3) is 0 Å². The van der Waals surface area contributed by atoms with E-state index in [9.17, 15) is 0 Å². The van der Waals surface area contributed by atoms with Crippen molar-refractivity contribution in [1.29, 1.82) is 0 Å². The smallest absolute Gasteiger partial charge is 0.0158 e. The van der Waals surface area contributed by atoms with Gasteiger partial charge in [-0.15, -0.1) is 6.58 Å². The highest BCUT2D eigenvalue weighted by Gasteiger charge is 2.36. The molecule has 1 aliphatic heterocycles. The van der Waals surface area contributed by atoms with Gasteiger partial charge in [-0.1, -0.05) is 33.3 Å². The molecule has 1 aliphatic rings. The molecule has 1 nitrogen and oxygen atoms in total. The zero-order chi connectivity index (χ0) is 12.4. The van der Waals surface area contributed by atoms with Crippen LogP contribution in [0, 0.1) is 11.3 Å². The molecule has 0 radical (unpaired) electrons. The lowest BCUT2D eigenvalue weighted by Gasteiger charge is -2.41. The van der Waals surface area contributed by atoms with Gasteiger partial charge in [-0.05, 0) is 44.6 Å². The van der Waals surface area contributed by atoms with Gasteiger partial charge in [-0.25, -0.2) is 0 Å². The third-order valence-electron chi connectivity index (χ3n) is 4.28. The van der Waals surface area contributed by atoms with E-state index >= 15 is 0 Å². The van der Waals surface area contributed by atoms with E-state index in [1.807, 2.05) is 0 Å². The molecule has 0 aromatic rings. The van der Waals surface area contributed by atoms with E-state index in [2.05, 4.69) is 52.2 Å². The molecule has 1 unspecified atom stereocenters. The summed E-state index contributed by atoms with van der Waals surface area (Å²) in [5, 5.41) is 0. The lowest BCUT2D eigenvalue weighted by atomic mass is 9.77. The highest BCUT2D eigenvalue weighted by Crippen LogP contribution is 2.36. The Kier molecular flexibility index (Phi) is 4.23. The lowest BCUT2D eigenvalue weighted by molar-refractivity contribution is 0.0909. The molecule has 0 aromatic carbocycles. The average Bonchev–Trinajstić information content (AvgIpc) is 2.65. The largest absolute Gasteiger partial charge is 0.298 e. The van der Waals surface area contributed by atoms with E-state index in [-0.39, 0.29) is 0 Å². The maximum Gasteiger partial charge on any atom is 0.0158 e. The fourth-order valence-electron chi connectivity index (χ4n) is 2.94. The molecule has 16 heavy (non-hydrogen) atoms. The van der Waals surface area contributed by atoms with Gasteiger partial charge in [0.15, 0.2) is 0 Å². The van der Waals surface area contributed by atoms with Crippen LogP contribution in [0.15, 0.2) is 12.7 Å². The van der Waals surface area contributed by atoms with Gasteiger partial charge in [-0.2, -0.15) is 0 Å². The van der Waals surface area contributed by atoms with Crippen LogP contribution < -0.4 is 0 Å². The average molecular weight is 223 g/mol. The Balaban J connectivity index is 2.60. The van der Waals surface area contributed by atoms with E-state index in [1.54, 1.807) is 0 Å². The molecule has 0 spiro atoms. The van der Waals surface area contributed by atoms with Crippen molar-refractivity contribution in [1.82, 2.24) is 4.90 Å². The molecular weight excluding hydrogens is 194 g/mol. The number of hydrogen-bond acceptors (Lipinski definition) is 1.